The second-order valence-electron chi connectivity index (χ2n) is 6.63. The van der Waals surface area contributed by atoms with E-state index < -0.39 is 21.3 Å². The molecule has 0 aliphatic carbocycles. The second-order valence-corrected chi connectivity index (χ2v) is 8.28. The number of ether oxygens (including phenoxy) is 2. The highest BCUT2D eigenvalue weighted by Crippen LogP contribution is 2.37. The van der Waals surface area contributed by atoms with Gasteiger partial charge in [-0.3, -0.25) is 4.79 Å². The summed E-state index contributed by atoms with van der Waals surface area (Å²) < 4.78 is 38.6. The van der Waals surface area contributed by atoms with Crippen molar-refractivity contribution in [2.24, 2.45) is 0 Å². The van der Waals surface area contributed by atoms with Gasteiger partial charge in [0, 0.05) is 13.2 Å². The van der Waals surface area contributed by atoms with Gasteiger partial charge in [-0.2, -0.15) is 0 Å². The van der Waals surface area contributed by atoms with Gasteiger partial charge >= 0.3 is 0 Å². The van der Waals surface area contributed by atoms with Gasteiger partial charge in [0.25, 0.3) is 10.0 Å². The number of benzene rings is 2. The second kappa shape index (κ2) is 7.70. The van der Waals surface area contributed by atoms with Gasteiger partial charge in [0.1, 0.15) is 5.75 Å². The molecule has 1 aliphatic heterocycles. The molecule has 6 nitrogen and oxygen atoms in total. The number of rotatable bonds is 5. The summed E-state index contributed by atoms with van der Waals surface area (Å²) in [5.41, 5.74) is 0.325. The standard InChI is InChI=1S/C20H23NO5S/c1-15-6-3-4-9-18(15)27(23,24)21-19(22)20(10-12-26-13-11-20)16-7-5-8-17(14-16)25-2/h3-9,14H,10-13H2,1-2H3,(H,21,22). The van der Waals surface area contributed by atoms with Crippen molar-refractivity contribution in [3.63, 3.8) is 0 Å². The molecular weight excluding hydrogens is 366 g/mol. The fourth-order valence-corrected chi connectivity index (χ4v) is 4.72. The van der Waals surface area contributed by atoms with Crippen LogP contribution in [0.2, 0.25) is 0 Å². The molecule has 1 N–H and O–H groups in total. The van der Waals surface area contributed by atoms with E-state index in [2.05, 4.69) is 4.72 Å². The normalized spacial score (nSPS) is 16.5. The zero-order chi connectivity index (χ0) is 19.5. The molecule has 2 aromatic rings. The zero-order valence-corrected chi connectivity index (χ0v) is 16.2. The van der Waals surface area contributed by atoms with E-state index in [9.17, 15) is 13.2 Å². The molecule has 3 rings (SSSR count). The summed E-state index contributed by atoms with van der Waals surface area (Å²) in [7, 11) is -2.42. The summed E-state index contributed by atoms with van der Waals surface area (Å²) in [6.07, 6.45) is 0.796. The van der Waals surface area contributed by atoms with Crippen molar-refractivity contribution in [1.29, 1.82) is 0 Å². The molecule has 7 heteroatoms. The molecule has 0 aromatic heterocycles. The molecule has 1 amide bonds. The molecule has 1 heterocycles. The van der Waals surface area contributed by atoms with Crippen LogP contribution < -0.4 is 9.46 Å². The number of amides is 1. The molecule has 1 fully saturated rings. The average Bonchev–Trinajstić information content (AvgIpc) is 2.68. The van der Waals surface area contributed by atoms with Gasteiger partial charge < -0.3 is 9.47 Å². The molecule has 0 unspecified atom stereocenters. The summed E-state index contributed by atoms with van der Waals surface area (Å²) in [6.45, 7) is 2.47. The van der Waals surface area contributed by atoms with E-state index in [1.165, 1.54) is 6.07 Å². The number of nitrogens with one attached hydrogen (secondary N) is 1. The lowest BCUT2D eigenvalue weighted by Crippen LogP contribution is -2.49. The Morgan fingerprint density at radius 2 is 1.81 bits per heavy atom. The van der Waals surface area contributed by atoms with Crippen LogP contribution in [0.25, 0.3) is 0 Å². The van der Waals surface area contributed by atoms with Crippen LogP contribution in [0.5, 0.6) is 5.75 Å². The van der Waals surface area contributed by atoms with Gasteiger partial charge in [-0.1, -0.05) is 30.3 Å². The quantitative estimate of drug-likeness (QED) is 0.850. The molecule has 0 spiro atoms. The number of methoxy groups -OCH3 is 1. The molecule has 144 valence electrons. The van der Waals surface area contributed by atoms with E-state index in [4.69, 9.17) is 9.47 Å². The smallest absolute Gasteiger partial charge is 0.264 e. The maximum Gasteiger partial charge on any atom is 0.264 e. The van der Waals surface area contributed by atoms with Crippen LogP contribution in [-0.2, 0) is 25.0 Å². The highest BCUT2D eigenvalue weighted by atomic mass is 32.2. The van der Waals surface area contributed by atoms with Crippen LogP contribution in [0.3, 0.4) is 0 Å². The van der Waals surface area contributed by atoms with Crippen LogP contribution in [0.15, 0.2) is 53.4 Å². The number of carbonyl (C=O) groups is 1. The van der Waals surface area contributed by atoms with Gasteiger partial charge in [-0.05, 0) is 49.1 Å². The van der Waals surface area contributed by atoms with Crippen molar-refractivity contribution in [1.82, 2.24) is 4.72 Å². The SMILES string of the molecule is COc1cccc(C2(C(=O)NS(=O)(=O)c3ccccc3C)CCOCC2)c1. The molecule has 1 saturated heterocycles. The Bertz CT molecular complexity index is 933. The summed E-state index contributed by atoms with van der Waals surface area (Å²) in [5, 5.41) is 0. The first-order valence-electron chi connectivity index (χ1n) is 8.74. The lowest BCUT2D eigenvalue weighted by Gasteiger charge is -2.36. The van der Waals surface area contributed by atoms with Crippen molar-refractivity contribution >= 4 is 15.9 Å². The number of sulfonamides is 1. The first-order chi connectivity index (χ1) is 12.9. The Hall–Kier alpha value is -2.38. The summed E-state index contributed by atoms with van der Waals surface area (Å²) in [4.78, 5) is 13.3. The molecule has 0 radical (unpaired) electrons. The number of aryl methyl sites for hydroxylation is 1. The van der Waals surface area contributed by atoms with Gasteiger partial charge in [0.05, 0.1) is 17.4 Å². The van der Waals surface area contributed by atoms with Gasteiger partial charge in [-0.25, -0.2) is 13.1 Å². The molecule has 1 aliphatic rings. The Balaban J connectivity index is 1.98. The van der Waals surface area contributed by atoms with Crippen molar-refractivity contribution in [2.45, 2.75) is 30.1 Å². The first kappa shape index (κ1) is 19.4. The average molecular weight is 389 g/mol. The molecule has 0 bridgehead atoms. The zero-order valence-electron chi connectivity index (χ0n) is 15.4. The van der Waals surface area contributed by atoms with Crippen LogP contribution >= 0.6 is 0 Å². The van der Waals surface area contributed by atoms with E-state index in [1.807, 2.05) is 6.07 Å². The third kappa shape index (κ3) is 3.84. The Morgan fingerprint density at radius 1 is 1.11 bits per heavy atom. The first-order valence-corrected chi connectivity index (χ1v) is 10.2. The fourth-order valence-electron chi connectivity index (χ4n) is 3.42. The highest BCUT2D eigenvalue weighted by Gasteiger charge is 2.43. The van der Waals surface area contributed by atoms with E-state index >= 15 is 0 Å². The largest absolute Gasteiger partial charge is 0.497 e. The molecule has 27 heavy (non-hydrogen) atoms. The van der Waals surface area contributed by atoms with Gasteiger partial charge in [-0.15, -0.1) is 0 Å². The van der Waals surface area contributed by atoms with Gasteiger partial charge in [0.2, 0.25) is 5.91 Å². The molecule has 0 atom stereocenters. The lowest BCUT2D eigenvalue weighted by atomic mass is 9.73. The predicted octanol–water partition coefficient (Wildman–Crippen LogP) is 2.56. The number of hydrogen-bond donors (Lipinski definition) is 1. The molecule has 0 saturated carbocycles. The lowest BCUT2D eigenvalue weighted by molar-refractivity contribution is -0.128. The summed E-state index contributed by atoms with van der Waals surface area (Å²) >= 11 is 0. The maximum absolute atomic E-state index is 13.2. The summed E-state index contributed by atoms with van der Waals surface area (Å²) in [6, 6.07) is 13.8. The maximum atomic E-state index is 13.2. The minimum Gasteiger partial charge on any atom is -0.497 e. The third-order valence-electron chi connectivity index (χ3n) is 5.01. The summed E-state index contributed by atoms with van der Waals surface area (Å²) in [5.74, 6) is 0.0789. The van der Waals surface area contributed by atoms with E-state index in [0.29, 0.717) is 37.4 Å². The Labute approximate surface area is 159 Å². The van der Waals surface area contributed by atoms with Crippen molar-refractivity contribution in [3.05, 3.63) is 59.7 Å². The number of carbonyl (C=O) groups excluding carboxylic acids is 1. The van der Waals surface area contributed by atoms with Crippen molar-refractivity contribution in [3.8, 4) is 5.75 Å². The topological polar surface area (TPSA) is 81.7 Å². The minimum atomic E-state index is -3.97. The van der Waals surface area contributed by atoms with Gasteiger partial charge in [0.15, 0.2) is 0 Å². The Kier molecular flexibility index (Phi) is 5.53. The monoisotopic (exact) mass is 389 g/mol. The van der Waals surface area contributed by atoms with Crippen LogP contribution in [0.4, 0.5) is 0 Å². The Morgan fingerprint density at radius 3 is 2.48 bits per heavy atom. The van der Waals surface area contributed by atoms with E-state index in [0.717, 1.165) is 5.56 Å². The van der Waals surface area contributed by atoms with E-state index in [-0.39, 0.29) is 4.90 Å². The highest BCUT2D eigenvalue weighted by molar-refractivity contribution is 7.90. The van der Waals surface area contributed by atoms with Crippen molar-refractivity contribution < 1.29 is 22.7 Å². The van der Waals surface area contributed by atoms with Crippen LogP contribution in [-0.4, -0.2) is 34.6 Å². The molecule has 2 aromatic carbocycles. The molecular formula is C20H23NO5S. The minimum absolute atomic E-state index is 0.103. The predicted molar refractivity (Wildman–Crippen MR) is 101 cm³/mol. The van der Waals surface area contributed by atoms with Crippen LogP contribution in [0, 0.1) is 6.92 Å². The van der Waals surface area contributed by atoms with Crippen molar-refractivity contribution in [2.75, 3.05) is 20.3 Å². The van der Waals surface area contributed by atoms with Crippen LogP contribution in [0.1, 0.15) is 24.0 Å². The van der Waals surface area contributed by atoms with E-state index in [1.54, 1.807) is 50.4 Å². The number of hydrogen-bond acceptors (Lipinski definition) is 5. The fraction of sp³-hybridized carbons (Fsp3) is 0.350. The third-order valence-corrected chi connectivity index (χ3v) is 6.50.